The van der Waals surface area contributed by atoms with Crippen molar-refractivity contribution in [1.82, 2.24) is 29.9 Å². The van der Waals surface area contributed by atoms with Crippen LogP contribution in [0, 0.1) is 0 Å². The minimum atomic E-state index is -0.373. The Morgan fingerprint density at radius 2 is 1.87 bits per heavy atom. The van der Waals surface area contributed by atoms with Crippen LogP contribution in [0.1, 0.15) is 19.9 Å². The van der Waals surface area contributed by atoms with Gasteiger partial charge in [0.15, 0.2) is 0 Å². The molecule has 0 aliphatic heterocycles. The molecule has 0 bridgehead atoms. The van der Waals surface area contributed by atoms with Crippen LogP contribution in [0.15, 0.2) is 84.9 Å². The van der Waals surface area contributed by atoms with E-state index in [1.54, 1.807) is 60.3 Å². The minimum Gasteiger partial charge on any atom is -0.457 e. The van der Waals surface area contributed by atoms with Gasteiger partial charge in [0.2, 0.25) is 0 Å². The van der Waals surface area contributed by atoms with Crippen LogP contribution in [0.4, 0.5) is 16.2 Å². The van der Waals surface area contributed by atoms with Crippen molar-refractivity contribution in [3.8, 4) is 34.0 Å². The van der Waals surface area contributed by atoms with Crippen LogP contribution in [-0.4, -0.2) is 36.0 Å². The van der Waals surface area contributed by atoms with Gasteiger partial charge < -0.3 is 15.4 Å². The largest absolute Gasteiger partial charge is 0.457 e. The molecule has 0 aliphatic carbocycles. The summed E-state index contributed by atoms with van der Waals surface area (Å²) in [5.74, 6) is 1.27. The maximum Gasteiger partial charge on any atom is 0.323 e. The fourth-order valence-corrected chi connectivity index (χ4v) is 4.68. The summed E-state index contributed by atoms with van der Waals surface area (Å²) in [6.45, 7) is 4.08. The Balaban J connectivity index is 1.15. The number of thiazole rings is 1. The number of hydrogen-bond donors (Lipinski definition) is 3. The molecule has 39 heavy (non-hydrogen) atoms. The highest BCUT2D eigenvalue weighted by Crippen LogP contribution is 2.31. The van der Waals surface area contributed by atoms with E-state index < -0.39 is 0 Å². The number of pyridine rings is 1. The summed E-state index contributed by atoms with van der Waals surface area (Å²) in [7, 11) is 0. The number of H-pyrrole nitrogens is 1. The summed E-state index contributed by atoms with van der Waals surface area (Å²) >= 11 is 1.59. The normalized spacial score (nSPS) is 11.2. The Morgan fingerprint density at radius 1 is 1.00 bits per heavy atom. The number of carbonyl (C=O) groups is 1. The SMILES string of the molecule is CC(C)n1cc(NC(=O)Nc2ccc(Oc3ccnc(-c4cn[nH]c4)c3)cc2)c(-c2ccc3scnc3c2)n1. The molecule has 0 fully saturated rings. The standard InChI is InChI=1S/C28H24N8O2S/c1-17(2)36-15-25(27(35-36)18-3-8-26-24(11-18)30-16-39-26)34-28(37)33-20-4-6-21(7-5-20)38-22-9-10-29-23(12-22)19-13-31-32-14-19/h3-17H,1-2H3,(H,31,32)(H2,33,34,37). The van der Waals surface area contributed by atoms with Crippen LogP contribution in [0.5, 0.6) is 11.5 Å². The van der Waals surface area contributed by atoms with E-state index >= 15 is 0 Å². The van der Waals surface area contributed by atoms with Crippen molar-refractivity contribution in [3.63, 3.8) is 0 Å². The van der Waals surface area contributed by atoms with Gasteiger partial charge in [-0.15, -0.1) is 11.3 Å². The van der Waals surface area contributed by atoms with E-state index in [0.29, 0.717) is 28.6 Å². The number of carbonyl (C=O) groups excluding carboxylic acids is 1. The Labute approximate surface area is 227 Å². The second kappa shape index (κ2) is 10.4. The summed E-state index contributed by atoms with van der Waals surface area (Å²) in [5.41, 5.74) is 7.15. The molecule has 2 aromatic carbocycles. The number of rotatable bonds is 7. The maximum absolute atomic E-state index is 12.9. The van der Waals surface area contributed by atoms with Gasteiger partial charge in [-0.2, -0.15) is 10.2 Å². The molecule has 0 aliphatic rings. The second-order valence-corrected chi connectivity index (χ2v) is 9.96. The minimum absolute atomic E-state index is 0.133. The third kappa shape index (κ3) is 5.34. The summed E-state index contributed by atoms with van der Waals surface area (Å²) in [5, 5.41) is 17.3. The number of urea groups is 1. The van der Waals surface area contributed by atoms with Crippen LogP contribution in [0.2, 0.25) is 0 Å². The lowest BCUT2D eigenvalue weighted by Gasteiger charge is -2.10. The molecule has 0 unspecified atom stereocenters. The van der Waals surface area contributed by atoms with E-state index in [1.165, 1.54) is 0 Å². The van der Waals surface area contributed by atoms with Gasteiger partial charge in [-0.1, -0.05) is 6.07 Å². The van der Waals surface area contributed by atoms with E-state index in [1.807, 2.05) is 54.5 Å². The number of hydrogen-bond acceptors (Lipinski definition) is 7. The predicted molar refractivity (Wildman–Crippen MR) is 152 cm³/mol. The Kier molecular flexibility index (Phi) is 6.47. The predicted octanol–water partition coefficient (Wildman–Crippen LogP) is 6.96. The van der Waals surface area contributed by atoms with E-state index in [9.17, 15) is 4.79 Å². The summed E-state index contributed by atoms with van der Waals surface area (Å²) in [4.78, 5) is 21.7. The number of ether oxygens (including phenoxy) is 1. The maximum atomic E-state index is 12.9. The second-order valence-electron chi connectivity index (χ2n) is 9.07. The van der Waals surface area contributed by atoms with Gasteiger partial charge in [-0.25, -0.2) is 9.78 Å². The lowest BCUT2D eigenvalue weighted by molar-refractivity contribution is 0.262. The van der Waals surface area contributed by atoms with E-state index in [2.05, 4.69) is 30.8 Å². The van der Waals surface area contributed by atoms with Crippen LogP contribution in [-0.2, 0) is 0 Å². The van der Waals surface area contributed by atoms with Crippen molar-refractivity contribution in [2.45, 2.75) is 19.9 Å². The lowest BCUT2D eigenvalue weighted by atomic mass is 10.1. The average Bonchev–Trinajstić information content (AvgIpc) is 3.71. The number of anilines is 2. The zero-order valence-electron chi connectivity index (χ0n) is 21.1. The summed E-state index contributed by atoms with van der Waals surface area (Å²) in [6.07, 6.45) is 7.00. The molecule has 2 amide bonds. The van der Waals surface area contributed by atoms with E-state index in [-0.39, 0.29) is 12.1 Å². The first kappa shape index (κ1) is 24.3. The highest BCUT2D eigenvalue weighted by atomic mass is 32.1. The number of nitrogens with one attached hydrogen (secondary N) is 3. The van der Waals surface area contributed by atoms with Crippen LogP contribution in [0.3, 0.4) is 0 Å². The number of benzene rings is 2. The molecule has 0 radical (unpaired) electrons. The van der Waals surface area contributed by atoms with Crippen LogP contribution >= 0.6 is 11.3 Å². The van der Waals surface area contributed by atoms with E-state index in [0.717, 1.165) is 27.0 Å². The lowest BCUT2D eigenvalue weighted by Crippen LogP contribution is -2.19. The number of aromatic nitrogens is 6. The molecular weight excluding hydrogens is 512 g/mol. The molecule has 3 N–H and O–H groups in total. The van der Waals surface area contributed by atoms with Gasteiger partial charge in [-0.05, 0) is 56.3 Å². The van der Waals surface area contributed by atoms with Crippen molar-refractivity contribution >= 4 is 39.0 Å². The van der Waals surface area contributed by atoms with Crippen molar-refractivity contribution in [2.24, 2.45) is 0 Å². The molecule has 6 rings (SSSR count). The van der Waals surface area contributed by atoms with Crippen LogP contribution in [0.25, 0.3) is 32.7 Å². The van der Waals surface area contributed by atoms with E-state index in [4.69, 9.17) is 9.84 Å². The third-order valence-corrected chi connectivity index (χ3v) is 6.80. The number of nitrogens with zero attached hydrogens (tertiary/aromatic N) is 5. The topological polar surface area (TPSA) is 123 Å². The van der Waals surface area contributed by atoms with Crippen molar-refractivity contribution < 1.29 is 9.53 Å². The fourth-order valence-electron chi connectivity index (χ4n) is 4.02. The average molecular weight is 537 g/mol. The Bertz CT molecular complexity index is 1740. The zero-order valence-corrected chi connectivity index (χ0v) is 21.9. The fraction of sp³-hybridized carbons (Fsp3) is 0.107. The highest BCUT2D eigenvalue weighted by Gasteiger charge is 2.16. The Hall–Kier alpha value is -5.03. The number of amides is 2. The van der Waals surface area contributed by atoms with Gasteiger partial charge in [-0.3, -0.25) is 14.8 Å². The van der Waals surface area contributed by atoms with Gasteiger partial charge in [0.05, 0.1) is 33.3 Å². The number of aromatic amines is 1. The van der Waals surface area contributed by atoms with Crippen LogP contribution < -0.4 is 15.4 Å². The molecule has 4 heterocycles. The third-order valence-electron chi connectivity index (χ3n) is 5.99. The quantitative estimate of drug-likeness (QED) is 0.203. The molecule has 194 valence electrons. The molecule has 4 aromatic heterocycles. The summed E-state index contributed by atoms with van der Waals surface area (Å²) in [6, 6.07) is 16.5. The molecule has 11 heteroatoms. The monoisotopic (exact) mass is 536 g/mol. The first-order valence-corrected chi connectivity index (χ1v) is 13.1. The van der Waals surface area contributed by atoms with Gasteiger partial charge in [0, 0.05) is 47.5 Å². The van der Waals surface area contributed by atoms with Crippen molar-refractivity contribution in [3.05, 3.63) is 84.9 Å². The van der Waals surface area contributed by atoms with Gasteiger partial charge >= 0.3 is 6.03 Å². The molecule has 0 spiro atoms. The Morgan fingerprint density at radius 3 is 2.67 bits per heavy atom. The zero-order chi connectivity index (χ0) is 26.8. The van der Waals surface area contributed by atoms with Crippen molar-refractivity contribution in [2.75, 3.05) is 10.6 Å². The first-order chi connectivity index (χ1) is 19.0. The molecule has 10 nitrogen and oxygen atoms in total. The molecular formula is C28H24N8O2S. The van der Waals surface area contributed by atoms with Crippen molar-refractivity contribution in [1.29, 1.82) is 0 Å². The molecule has 6 aromatic rings. The first-order valence-electron chi connectivity index (χ1n) is 12.3. The molecule has 0 atom stereocenters. The van der Waals surface area contributed by atoms with Gasteiger partial charge in [0.1, 0.15) is 17.2 Å². The number of fused-ring (bicyclic) bond motifs is 1. The summed E-state index contributed by atoms with van der Waals surface area (Å²) < 4.78 is 8.91. The molecule has 0 saturated carbocycles. The molecule has 0 saturated heterocycles. The van der Waals surface area contributed by atoms with Gasteiger partial charge in [0.25, 0.3) is 0 Å². The smallest absolute Gasteiger partial charge is 0.323 e. The highest BCUT2D eigenvalue weighted by molar-refractivity contribution is 7.16.